The highest BCUT2D eigenvalue weighted by molar-refractivity contribution is 7.85. The van der Waals surface area contributed by atoms with Crippen LogP contribution in [-0.4, -0.2) is 47.7 Å². The molecular formula is C16H20N4O6S. The Morgan fingerprint density at radius 1 is 1.26 bits per heavy atom. The summed E-state index contributed by atoms with van der Waals surface area (Å²) in [7, 11) is -2.54. The number of hydroxylamine groups is 1. The van der Waals surface area contributed by atoms with E-state index in [0.717, 1.165) is 11.8 Å². The average molecular weight is 396 g/mol. The zero-order chi connectivity index (χ0) is 20.6. The predicted octanol–water partition coefficient (Wildman–Crippen LogP) is 1.56. The number of aryl methyl sites for hydroxylation is 1. The lowest BCUT2D eigenvalue weighted by atomic mass is 10.2. The summed E-state index contributed by atoms with van der Waals surface area (Å²) < 4.78 is 34.4. The van der Waals surface area contributed by atoms with Crippen LogP contribution in [0.2, 0.25) is 0 Å². The van der Waals surface area contributed by atoms with Crippen molar-refractivity contribution in [3.8, 4) is 11.5 Å². The number of hydrogen-bond donors (Lipinski definition) is 5. The summed E-state index contributed by atoms with van der Waals surface area (Å²) in [4.78, 5) is -0.0666. The largest absolute Gasteiger partial charge is 0.507 e. The Morgan fingerprint density at radius 3 is 2.30 bits per heavy atom. The van der Waals surface area contributed by atoms with Gasteiger partial charge in [-0.05, 0) is 31.2 Å². The number of phenols is 1. The Morgan fingerprint density at radius 2 is 1.85 bits per heavy atom. The van der Waals surface area contributed by atoms with Gasteiger partial charge in [0.1, 0.15) is 11.5 Å². The Labute approximate surface area is 156 Å². The molecule has 0 aromatic heterocycles. The van der Waals surface area contributed by atoms with E-state index in [1.54, 1.807) is 24.3 Å². The Hall–Kier alpha value is -3.15. The number of aromatic hydroxyl groups is 1. The molecule has 0 saturated carbocycles. The normalized spacial score (nSPS) is 10.8. The maximum Gasteiger partial charge on any atom is 0.294 e. The SMILES string of the molecule is COc1ccc(/C=N/N(O)C(=N)N)c(O)c1.Cc1ccc(S(=O)(=O)O)cc1. The van der Waals surface area contributed by atoms with Crippen molar-refractivity contribution in [3.05, 3.63) is 53.6 Å². The third-order valence-electron chi connectivity index (χ3n) is 3.08. The van der Waals surface area contributed by atoms with Crippen LogP contribution in [0.25, 0.3) is 0 Å². The summed E-state index contributed by atoms with van der Waals surface area (Å²) >= 11 is 0. The van der Waals surface area contributed by atoms with Crippen LogP contribution in [0, 0.1) is 12.3 Å². The number of rotatable bonds is 4. The second-order valence-electron chi connectivity index (χ2n) is 5.13. The van der Waals surface area contributed by atoms with Crippen molar-refractivity contribution in [1.82, 2.24) is 5.17 Å². The van der Waals surface area contributed by atoms with Gasteiger partial charge in [-0.1, -0.05) is 17.7 Å². The Balaban J connectivity index is 0.000000289. The van der Waals surface area contributed by atoms with Gasteiger partial charge in [0.25, 0.3) is 10.1 Å². The summed E-state index contributed by atoms with van der Waals surface area (Å²) in [5, 5.41) is 28.9. The summed E-state index contributed by atoms with van der Waals surface area (Å²) in [5.74, 6) is -0.175. The maximum absolute atomic E-state index is 10.5. The monoisotopic (exact) mass is 396 g/mol. The van der Waals surface area contributed by atoms with Crippen molar-refractivity contribution in [3.63, 3.8) is 0 Å². The molecule has 0 unspecified atom stereocenters. The van der Waals surface area contributed by atoms with Crippen LogP contribution in [0.4, 0.5) is 0 Å². The molecule has 0 heterocycles. The van der Waals surface area contributed by atoms with Crippen LogP contribution < -0.4 is 10.5 Å². The van der Waals surface area contributed by atoms with Crippen molar-refractivity contribution >= 4 is 22.3 Å². The highest BCUT2D eigenvalue weighted by Crippen LogP contribution is 2.21. The van der Waals surface area contributed by atoms with E-state index in [-0.39, 0.29) is 15.8 Å². The second-order valence-corrected chi connectivity index (χ2v) is 6.55. The van der Waals surface area contributed by atoms with E-state index < -0.39 is 16.1 Å². The van der Waals surface area contributed by atoms with Gasteiger partial charge in [-0.2, -0.15) is 13.5 Å². The van der Waals surface area contributed by atoms with Gasteiger partial charge in [0.15, 0.2) is 0 Å². The first-order valence-corrected chi connectivity index (χ1v) is 8.76. The number of methoxy groups -OCH3 is 1. The number of ether oxygens (including phenoxy) is 1. The minimum Gasteiger partial charge on any atom is -0.507 e. The number of nitrogens with two attached hydrogens (primary N) is 1. The lowest BCUT2D eigenvalue weighted by Gasteiger charge is -2.06. The number of hydrazone groups is 1. The first-order valence-electron chi connectivity index (χ1n) is 7.32. The van der Waals surface area contributed by atoms with Crippen LogP contribution in [0.3, 0.4) is 0 Å². The lowest BCUT2D eigenvalue weighted by molar-refractivity contribution is -0.0139. The van der Waals surface area contributed by atoms with Gasteiger partial charge in [-0.25, -0.2) is 0 Å². The standard InChI is InChI=1S/C9H12N4O3.C7H8O3S/c1-16-7-3-2-6(8(14)4-7)5-12-13(15)9(10)11;1-6-2-4-7(5-3-6)11(8,9)10/h2-5,14-15H,1H3,(H3,10,11);2-5H,1H3,(H,8,9,10)/b12-5+;. The van der Waals surface area contributed by atoms with Gasteiger partial charge in [0, 0.05) is 11.6 Å². The first-order chi connectivity index (χ1) is 12.5. The molecule has 2 rings (SSSR count). The van der Waals surface area contributed by atoms with E-state index in [9.17, 15) is 13.5 Å². The summed E-state index contributed by atoms with van der Waals surface area (Å²) in [6.45, 7) is 1.84. The molecule has 0 aliphatic carbocycles. The van der Waals surface area contributed by atoms with Gasteiger partial charge in [-0.15, -0.1) is 5.17 Å². The smallest absolute Gasteiger partial charge is 0.294 e. The fourth-order valence-corrected chi connectivity index (χ4v) is 2.13. The molecule has 0 radical (unpaired) electrons. The number of nitrogens with one attached hydrogen (secondary N) is 1. The molecule has 0 aliphatic heterocycles. The molecule has 6 N–H and O–H groups in total. The fourth-order valence-electron chi connectivity index (χ4n) is 1.65. The van der Waals surface area contributed by atoms with Crippen molar-refractivity contribution in [2.24, 2.45) is 10.8 Å². The van der Waals surface area contributed by atoms with E-state index in [4.69, 9.17) is 25.6 Å². The number of benzene rings is 2. The zero-order valence-electron chi connectivity index (χ0n) is 14.6. The molecule has 2 aromatic rings. The van der Waals surface area contributed by atoms with E-state index in [2.05, 4.69) is 5.10 Å². The quantitative estimate of drug-likeness (QED) is 0.224. The van der Waals surface area contributed by atoms with E-state index in [1.165, 1.54) is 25.3 Å². The third-order valence-corrected chi connectivity index (χ3v) is 3.95. The number of nitrogens with zero attached hydrogens (tertiary/aromatic N) is 2. The van der Waals surface area contributed by atoms with Crippen LogP contribution >= 0.6 is 0 Å². The van der Waals surface area contributed by atoms with E-state index in [0.29, 0.717) is 11.3 Å². The molecule has 10 nitrogen and oxygen atoms in total. The fraction of sp³-hybridized carbons (Fsp3) is 0.125. The maximum atomic E-state index is 10.5. The molecule has 0 spiro atoms. The Kier molecular flexibility index (Phi) is 7.72. The molecule has 0 atom stereocenters. The van der Waals surface area contributed by atoms with Crippen LogP contribution in [-0.2, 0) is 10.1 Å². The molecule has 0 aliphatic rings. The lowest BCUT2D eigenvalue weighted by Crippen LogP contribution is -2.28. The van der Waals surface area contributed by atoms with Crippen LogP contribution in [0.1, 0.15) is 11.1 Å². The van der Waals surface area contributed by atoms with E-state index >= 15 is 0 Å². The Bertz CT molecular complexity index is 913. The summed E-state index contributed by atoms with van der Waals surface area (Å²) in [6, 6.07) is 10.6. The van der Waals surface area contributed by atoms with Crippen molar-refractivity contribution in [2.45, 2.75) is 11.8 Å². The minimum atomic E-state index is -4.02. The molecular weight excluding hydrogens is 376 g/mol. The van der Waals surface area contributed by atoms with E-state index in [1.807, 2.05) is 6.92 Å². The highest BCUT2D eigenvalue weighted by Gasteiger charge is 2.06. The molecule has 0 fully saturated rings. The number of guanidine groups is 1. The third kappa shape index (κ3) is 7.32. The van der Waals surface area contributed by atoms with Gasteiger partial charge in [-0.3, -0.25) is 15.2 Å². The first kappa shape index (κ1) is 21.9. The summed E-state index contributed by atoms with van der Waals surface area (Å²) in [6.07, 6.45) is 1.16. The van der Waals surface area contributed by atoms with Gasteiger partial charge >= 0.3 is 0 Å². The molecule has 146 valence electrons. The molecule has 0 amide bonds. The van der Waals surface area contributed by atoms with Crippen LogP contribution in [0.15, 0.2) is 52.5 Å². The number of hydrogen-bond acceptors (Lipinski definition) is 7. The zero-order valence-corrected chi connectivity index (χ0v) is 15.4. The highest BCUT2D eigenvalue weighted by atomic mass is 32.2. The van der Waals surface area contributed by atoms with Gasteiger partial charge in [0.05, 0.1) is 18.2 Å². The molecule has 0 bridgehead atoms. The number of phenolic OH excluding ortho intramolecular Hbond substituents is 1. The van der Waals surface area contributed by atoms with Crippen molar-refractivity contribution in [2.75, 3.05) is 7.11 Å². The van der Waals surface area contributed by atoms with Crippen LogP contribution in [0.5, 0.6) is 11.5 Å². The molecule has 27 heavy (non-hydrogen) atoms. The molecule has 11 heteroatoms. The molecule has 2 aromatic carbocycles. The van der Waals surface area contributed by atoms with Crippen molar-refractivity contribution < 1.29 is 28.0 Å². The van der Waals surface area contributed by atoms with Gasteiger partial charge in [0.2, 0.25) is 5.96 Å². The summed E-state index contributed by atoms with van der Waals surface area (Å²) in [5.41, 5.74) is 6.26. The predicted molar refractivity (Wildman–Crippen MR) is 98.8 cm³/mol. The average Bonchev–Trinajstić information content (AvgIpc) is 2.60. The second kappa shape index (κ2) is 9.52. The molecule has 0 saturated heterocycles. The minimum absolute atomic E-state index is 0.0555. The van der Waals surface area contributed by atoms with Gasteiger partial charge < -0.3 is 15.6 Å². The van der Waals surface area contributed by atoms with Crippen molar-refractivity contribution in [1.29, 1.82) is 5.41 Å². The topological polar surface area (TPSA) is 170 Å².